The van der Waals surface area contributed by atoms with Gasteiger partial charge in [-0.3, -0.25) is 4.79 Å². The van der Waals surface area contributed by atoms with E-state index in [2.05, 4.69) is 13.8 Å². The van der Waals surface area contributed by atoms with Crippen LogP contribution in [-0.4, -0.2) is 30.5 Å². The van der Waals surface area contributed by atoms with E-state index in [1.807, 2.05) is 29.2 Å². The maximum Gasteiger partial charge on any atom is 0.260 e. The number of carbonyl (C=O) groups is 1. The molecule has 0 saturated carbocycles. The van der Waals surface area contributed by atoms with E-state index >= 15 is 0 Å². The van der Waals surface area contributed by atoms with Gasteiger partial charge in [0.05, 0.1) is 0 Å². The maximum absolute atomic E-state index is 12.2. The van der Waals surface area contributed by atoms with Crippen molar-refractivity contribution < 1.29 is 9.53 Å². The average molecular weight is 276 g/mol. The molecule has 4 nitrogen and oxygen atoms in total. The molecule has 110 valence electrons. The lowest BCUT2D eigenvalue weighted by Gasteiger charge is -2.34. The van der Waals surface area contributed by atoms with E-state index in [4.69, 9.17) is 10.5 Å². The minimum atomic E-state index is 0.0753. The smallest absolute Gasteiger partial charge is 0.260 e. The van der Waals surface area contributed by atoms with E-state index in [1.165, 1.54) is 6.42 Å². The van der Waals surface area contributed by atoms with Crippen molar-refractivity contribution in [2.45, 2.75) is 26.8 Å². The zero-order valence-corrected chi connectivity index (χ0v) is 12.3. The molecule has 2 rings (SSSR count). The van der Waals surface area contributed by atoms with Gasteiger partial charge in [-0.2, -0.15) is 0 Å². The number of carbonyl (C=O) groups excluding carboxylic acids is 1. The molecule has 1 heterocycles. The Bertz CT molecular complexity index is 434. The van der Waals surface area contributed by atoms with E-state index in [1.54, 1.807) is 0 Å². The Morgan fingerprint density at radius 3 is 2.40 bits per heavy atom. The Balaban J connectivity index is 1.84. The van der Waals surface area contributed by atoms with Crippen LogP contribution in [0.5, 0.6) is 5.75 Å². The van der Waals surface area contributed by atoms with E-state index in [0.29, 0.717) is 24.1 Å². The summed E-state index contributed by atoms with van der Waals surface area (Å²) in [6, 6.07) is 7.56. The van der Waals surface area contributed by atoms with Crippen LogP contribution in [0.25, 0.3) is 0 Å². The van der Waals surface area contributed by atoms with E-state index in [-0.39, 0.29) is 12.5 Å². The van der Waals surface area contributed by atoms with Crippen molar-refractivity contribution in [3.8, 4) is 5.75 Å². The molecule has 0 bridgehead atoms. The maximum atomic E-state index is 12.2. The molecular formula is C16H24N2O2. The number of benzene rings is 1. The summed E-state index contributed by atoms with van der Waals surface area (Å²) in [5, 5.41) is 0. The van der Waals surface area contributed by atoms with Crippen molar-refractivity contribution in [1.82, 2.24) is 4.90 Å². The van der Waals surface area contributed by atoms with Gasteiger partial charge in [0.25, 0.3) is 5.91 Å². The van der Waals surface area contributed by atoms with Gasteiger partial charge in [0, 0.05) is 19.6 Å². The predicted molar refractivity (Wildman–Crippen MR) is 79.4 cm³/mol. The van der Waals surface area contributed by atoms with Gasteiger partial charge < -0.3 is 15.4 Å². The van der Waals surface area contributed by atoms with Crippen molar-refractivity contribution in [3.05, 3.63) is 29.8 Å². The highest BCUT2D eigenvalue weighted by molar-refractivity contribution is 5.77. The second kappa shape index (κ2) is 6.75. The van der Waals surface area contributed by atoms with E-state index < -0.39 is 0 Å². The number of ether oxygens (including phenoxy) is 1. The monoisotopic (exact) mass is 276 g/mol. The number of nitrogens with zero attached hydrogens (tertiary/aromatic N) is 1. The van der Waals surface area contributed by atoms with Crippen LogP contribution in [0.2, 0.25) is 0 Å². The summed E-state index contributed by atoms with van der Waals surface area (Å²) in [4.78, 5) is 14.1. The SMILES string of the molecule is CC1CC(C)CN(C(=O)COc2ccc(CN)cc2)C1. The molecule has 1 aromatic carbocycles. The van der Waals surface area contributed by atoms with Crippen molar-refractivity contribution >= 4 is 5.91 Å². The second-order valence-corrected chi connectivity index (χ2v) is 5.88. The van der Waals surface area contributed by atoms with Crippen LogP contribution in [0.3, 0.4) is 0 Å². The quantitative estimate of drug-likeness (QED) is 0.915. The minimum absolute atomic E-state index is 0.0753. The van der Waals surface area contributed by atoms with Gasteiger partial charge in [-0.15, -0.1) is 0 Å². The summed E-state index contributed by atoms with van der Waals surface area (Å²) in [7, 11) is 0. The van der Waals surface area contributed by atoms with Crippen molar-refractivity contribution in [2.24, 2.45) is 17.6 Å². The number of piperidine rings is 1. The highest BCUT2D eigenvalue weighted by Gasteiger charge is 2.25. The fraction of sp³-hybridized carbons (Fsp3) is 0.562. The summed E-state index contributed by atoms with van der Waals surface area (Å²) in [6.07, 6.45) is 1.20. The highest BCUT2D eigenvalue weighted by Crippen LogP contribution is 2.21. The lowest BCUT2D eigenvalue weighted by Crippen LogP contribution is -2.44. The standard InChI is InChI=1S/C16H24N2O2/c1-12-7-13(2)10-18(9-12)16(19)11-20-15-5-3-14(8-17)4-6-15/h3-6,12-13H,7-11,17H2,1-2H3. The predicted octanol–water partition coefficient (Wildman–Crippen LogP) is 2.03. The molecule has 0 aromatic heterocycles. The molecule has 1 aliphatic heterocycles. The zero-order valence-electron chi connectivity index (χ0n) is 12.3. The van der Waals surface area contributed by atoms with Crippen LogP contribution in [0.1, 0.15) is 25.8 Å². The van der Waals surface area contributed by atoms with Crippen molar-refractivity contribution in [2.75, 3.05) is 19.7 Å². The van der Waals surface area contributed by atoms with E-state index in [9.17, 15) is 4.79 Å². The molecule has 2 atom stereocenters. The first-order valence-electron chi connectivity index (χ1n) is 7.28. The van der Waals surface area contributed by atoms with Gasteiger partial charge in [0.1, 0.15) is 5.75 Å². The molecule has 0 spiro atoms. The van der Waals surface area contributed by atoms with Gasteiger partial charge in [0.15, 0.2) is 6.61 Å². The Labute approximate surface area is 120 Å². The summed E-state index contributed by atoms with van der Waals surface area (Å²) >= 11 is 0. The lowest BCUT2D eigenvalue weighted by molar-refractivity contribution is -0.136. The fourth-order valence-corrected chi connectivity index (χ4v) is 2.82. The Morgan fingerprint density at radius 1 is 1.25 bits per heavy atom. The molecule has 0 aliphatic carbocycles. The molecular weight excluding hydrogens is 252 g/mol. The van der Waals surface area contributed by atoms with Crippen molar-refractivity contribution in [1.29, 1.82) is 0 Å². The third-order valence-electron chi connectivity index (χ3n) is 3.74. The number of hydrogen-bond donors (Lipinski definition) is 1. The van der Waals surface area contributed by atoms with Gasteiger partial charge in [-0.25, -0.2) is 0 Å². The van der Waals surface area contributed by atoms with Gasteiger partial charge in [-0.1, -0.05) is 26.0 Å². The van der Waals surface area contributed by atoms with Gasteiger partial charge in [0.2, 0.25) is 0 Å². The number of nitrogens with two attached hydrogens (primary N) is 1. The molecule has 2 N–H and O–H groups in total. The van der Waals surface area contributed by atoms with Gasteiger partial charge in [-0.05, 0) is 36.0 Å². The third kappa shape index (κ3) is 3.97. The first-order chi connectivity index (χ1) is 9.58. The molecule has 2 unspecified atom stereocenters. The van der Waals surface area contributed by atoms with Crippen molar-refractivity contribution in [3.63, 3.8) is 0 Å². The molecule has 4 heteroatoms. The van der Waals surface area contributed by atoms with Gasteiger partial charge >= 0.3 is 0 Å². The molecule has 20 heavy (non-hydrogen) atoms. The summed E-state index contributed by atoms with van der Waals surface area (Å²) in [5.41, 5.74) is 6.60. The Kier molecular flexibility index (Phi) is 5.01. The van der Waals surface area contributed by atoms with Crippen LogP contribution in [0.4, 0.5) is 0 Å². The van der Waals surface area contributed by atoms with Crippen LogP contribution < -0.4 is 10.5 Å². The Hall–Kier alpha value is -1.55. The van der Waals surface area contributed by atoms with Crippen LogP contribution in [-0.2, 0) is 11.3 Å². The lowest BCUT2D eigenvalue weighted by atomic mass is 9.92. The highest BCUT2D eigenvalue weighted by atomic mass is 16.5. The number of amides is 1. The largest absolute Gasteiger partial charge is 0.484 e. The molecule has 1 aliphatic rings. The normalized spacial score (nSPS) is 22.6. The number of likely N-dealkylation sites (tertiary alicyclic amines) is 1. The van der Waals surface area contributed by atoms with Crippen LogP contribution in [0, 0.1) is 11.8 Å². The zero-order chi connectivity index (χ0) is 14.5. The third-order valence-corrected chi connectivity index (χ3v) is 3.74. The van der Waals surface area contributed by atoms with E-state index in [0.717, 1.165) is 18.7 Å². The summed E-state index contributed by atoms with van der Waals surface area (Å²) in [5.74, 6) is 1.94. The first-order valence-corrected chi connectivity index (χ1v) is 7.28. The number of rotatable bonds is 4. The first kappa shape index (κ1) is 14.9. The number of hydrogen-bond acceptors (Lipinski definition) is 3. The topological polar surface area (TPSA) is 55.6 Å². The van der Waals surface area contributed by atoms with Crippen LogP contribution >= 0.6 is 0 Å². The molecule has 1 saturated heterocycles. The second-order valence-electron chi connectivity index (χ2n) is 5.88. The molecule has 1 fully saturated rings. The summed E-state index contributed by atoms with van der Waals surface area (Å²) < 4.78 is 5.56. The molecule has 1 amide bonds. The fourth-order valence-electron chi connectivity index (χ4n) is 2.82. The van der Waals surface area contributed by atoms with Crippen LogP contribution in [0.15, 0.2) is 24.3 Å². The summed E-state index contributed by atoms with van der Waals surface area (Å²) in [6.45, 7) is 6.71. The Morgan fingerprint density at radius 2 is 1.85 bits per heavy atom. The molecule has 1 aromatic rings. The molecule has 0 radical (unpaired) electrons. The average Bonchev–Trinajstić information content (AvgIpc) is 2.44. The minimum Gasteiger partial charge on any atom is -0.484 e.